The zero-order valence-electron chi connectivity index (χ0n) is 9.48. The first kappa shape index (κ1) is 12.0. The molecule has 0 saturated heterocycles. The molecular weight excluding hydrogens is 280 g/mol. The van der Waals surface area contributed by atoms with Crippen molar-refractivity contribution in [1.29, 1.82) is 0 Å². The molecule has 0 heterocycles. The van der Waals surface area contributed by atoms with Gasteiger partial charge < -0.3 is 9.84 Å². The van der Waals surface area contributed by atoms with E-state index < -0.39 is 0 Å². The Kier molecular flexibility index (Phi) is 3.69. The number of hydrogen-bond acceptors (Lipinski definition) is 2. The minimum Gasteiger partial charge on any atom is -0.508 e. The van der Waals surface area contributed by atoms with Crippen LogP contribution >= 0.6 is 15.9 Å². The smallest absolute Gasteiger partial charge is 0.123 e. The van der Waals surface area contributed by atoms with Crippen molar-refractivity contribution in [2.75, 3.05) is 0 Å². The van der Waals surface area contributed by atoms with E-state index in [4.69, 9.17) is 4.74 Å². The average molecular weight is 293 g/mol. The number of halogens is 1. The third-order valence-corrected chi connectivity index (χ3v) is 3.31. The maximum atomic E-state index is 9.30. The molecule has 2 aromatic rings. The molecule has 88 valence electrons. The van der Waals surface area contributed by atoms with Crippen LogP contribution in [0.2, 0.25) is 0 Å². The third kappa shape index (κ3) is 3.24. The van der Waals surface area contributed by atoms with E-state index in [1.807, 2.05) is 31.2 Å². The Labute approximate surface area is 109 Å². The van der Waals surface area contributed by atoms with Gasteiger partial charge in [-0.3, -0.25) is 0 Å². The van der Waals surface area contributed by atoms with Crippen LogP contribution in [-0.4, -0.2) is 5.11 Å². The second kappa shape index (κ2) is 5.23. The van der Waals surface area contributed by atoms with Crippen molar-refractivity contribution in [3.8, 4) is 11.5 Å². The third-order valence-electron chi connectivity index (χ3n) is 2.46. The highest BCUT2D eigenvalue weighted by Crippen LogP contribution is 2.21. The molecule has 17 heavy (non-hydrogen) atoms. The van der Waals surface area contributed by atoms with Crippen LogP contribution in [0.1, 0.15) is 11.1 Å². The van der Waals surface area contributed by atoms with E-state index in [1.165, 1.54) is 5.56 Å². The molecular formula is C14H13BrO2. The molecule has 0 aromatic heterocycles. The molecule has 0 bridgehead atoms. The summed E-state index contributed by atoms with van der Waals surface area (Å²) in [5.74, 6) is 0.884. The monoisotopic (exact) mass is 292 g/mol. The van der Waals surface area contributed by atoms with Crippen molar-refractivity contribution in [2.24, 2.45) is 0 Å². The van der Waals surface area contributed by atoms with Gasteiger partial charge in [0.25, 0.3) is 0 Å². The van der Waals surface area contributed by atoms with Crippen molar-refractivity contribution in [3.05, 3.63) is 58.1 Å². The van der Waals surface area contributed by atoms with E-state index in [0.717, 1.165) is 10.0 Å². The van der Waals surface area contributed by atoms with E-state index in [-0.39, 0.29) is 5.75 Å². The molecule has 0 aliphatic carbocycles. The molecule has 0 atom stereocenters. The summed E-state index contributed by atoms with van der Waals surface area (Å²) in [7, 11) is 0. The zero-order chi connectivity index (χ0) is 12.3. The van der Waals surface area contributed by atoms with Gasteiger partial charge in [0.2, 0.25) is 0 Å². The fourth-order valence-corrected chi connectivity index (χ4v) is 1.89. The number of phenolic OH excluding ortho intramolecular Hbond substituents is 1. The SMILES string of the molecule is Cc1ccc(COc2cccc(O)c2)cc1Br. The molecule has 0 aliphatic rings. The molecule has 1 N–H and O–H groups in total. The van der Waals surface area contributed by atoms with Crippen LogP contribution in [0.25, 0.3) is 0 Å². The summed E-state index contributed by atoms with van der Waals surface area (Å²) in [6.45, 7) is 2.53. The molecule has 0 amide bonds. The normalized spacial score (nSPS) is 10.2. The number of benzene rings is 2. The first-order chi connectivity index (χ1) is 8.15. The number of aromatic hydroxyl groups is 1. The fourth-order valence-electron chi connectivity index (χ4n) is 1.47. The lowest BCUT2D eigenvalue weighted by molar-refractivity contribution is 0.304. The molecule has 0 unspecified atom stereocenters. The van der Waals surface area contributed by atoms with E-state index in [2.05, 4.69) is 15.9 Å². The van der Waals surface area contributed by atoms with Crippen LogP contribution < -0.4 is 4.74 Å². The predicted octanol–water partition coefficient (Wildman–Crippen LogP) is 4.04. The minimum atomic E-state index is 0.215. The summed E-state index contributed by atoms with van der Waals surface area (Å²) < 4.78 is 6.67. The molecule has 2 aromatic carbocycles. The van der Waals surface area contributed by atoms with Crippen LogP contribution in [0.15, 0.2) is 46.9 Å². The van der Waals surface area contributed by atoms with Gasteiger partial charge in [0.05, 0.1) is 0 Å². The van der Waals surface area contributed by atoms with Crippen LogP contribution in [0.3, 0.4) is 0 Å². The van der Waals surface area contributed by atoms with Gasteiger partial charge in [-0.2, -0.15) is 0 Å². The lowest BCUT2D eigenvalue weighted by Gasteiger charge is -2.07. The van der Waals surface area contributed by atoms with Gasteiger partial charge in [-0.25, -0.2) is 0 Å². The fraction of sp³-hybridized carbons (Fsp3) is 0.143. The average Bonchev–Trinajstić information content (AvgIpc) is 2.31. The van der Waals surface area contributed by atoms with Crippen LogP contribution in [0, 0.1) is 6.92 Å². The molecule has 0 saturated carbocycles. The summed E-state index contributed by atoms with van der Waals surface area (Å²) in [6.07, 6.45) is 0. The topological polar surface area (TPSA) is 29.5 Å². The van der Waals surface area contributed by atoms with Gasteiger partial charge in [-0.1, -0.05) is 34.1 Å². The molecule has 0 fully saturated rings. The maximum absolute atomic E-state index is 9.30. The summed E-state index contributed by atoms with van der Waals surface area (Å²) in [5, 5.41) is 9.30. The highest BCUT2D eigenvalue weighted by atomic mass is 79.9. The Morgan fingerprint density at radius 1 is 1.18 bits per heavy atom. The Morgan fingerprint density at radius 3 is 2.71 bits per heavy atom. The van der Waals surface area contributed by atoms with Gasteiger partial charge >= 0.3 is 0 Å². The highest BCUT2D eigenvalue weighted by Gasteiger charge is 2.00. The Morgan fingerprint density at radius 2 is 2.00 bits per heavy atom. The minimum absolute atomic E-state index is 0.215. The molecule has 0 aliphatic heterocycles. The molecule has 2 rings (SSSR count). The van der Waals surface area contributed by atoms with Gasteiger partial charge in [0.1, 0.15) is 18.1 Å². The lowest BCUT2D eigenvalue weighted by Crippen LogP contribution is -1.95. The summed E-state index contributed by atoms with van der Waals surface area (Å²) >= 11 is 3.49. The molecule has 0 spiro atoms. The lowest BCUT2D eigenvalue weighted by atomic mass is 10.2. The van der Waals surface area contributed by atoms with E-state index in [9.17, 15) is 5.11 Å². The molecule has 3 heteroatoms. The summed E-state index contributed by atoms with van der Waals surface area (Å²) in [4.78, 5) is 0. The standard InChI is InChI=1S/C14H13BrO2/c1-10-5-6-11(7-14(10)15)9-17-13-4-2-3-12(16)8-13/h2-8,16H,9H2,1H3. The maximum Gasteiger partial charge on any atom is 0.123 e. The van der Waals surface area contributed by atoms with Crippen molar-refractivity contribution < 1.29 is 9.84 Å². The van der Waals surface area contributed by atoms with Crippen LogP contribution in [0.5, 0.6) is 11.5 Å². The predicted molar refractivity (Wildman–Crippen MR) is 71.3 cm³/mol. The number of phenols is 1. The Bertz CT molecular complexity index is 523. The summed E-state index contributed by atoms with van der Waals surface area (Å²) in [5.41, 5.74) is 2.29. The van der Waals surface area contributed by atoms with E-state index in [0.29, 0.717) is 12.4 Å². The van der Waals surface area contributed by atoms with Gasteiger partial charge in [0, 0.05) is 10.5 Å². The first-order valence-corrected chi connectivity index (χ1v) is 6.11. The van der Waals surface area contributed by atoms with Gasteiger partial charge in [0.15, 0.2) is 0 Å². The largest absolute Gasteiger partial charge is 0.508 e. The van der Waals surface area contributed by atoms with Gasteiger partial charge in [-0.15, -0.1) is 0 Å². The van der Waals surface area contributed by atoms with Crippen LogP contribution in [-0.2, 0) is 6.61 Å². The van der Waals surface area contributed by atoms with E-state index >= 15 is 0 Å². The van der Waals surface area contributed by atoms with Crippen molar-refractivity contribution in [3.63, 3.8) is 0 Å². The van der Waals surface area contributed by atoms with Crippen molar-refractivity contribution in [1.82, 2.24) is 0 Å². The van der Waals surface area contributed by atoms with Crippen molar-refractivity contribution >= 4 is 15.9 Å². The van der Waals surface area contributed by atoms with Crippen LogP contribution in [0.4, 0.5) is 0 Å². The quantitative estimate of drug-likeness (QED) is 0.925. The van der Waals surface area contributed by atoms with E-state index in [1.54, 1.807) is 18.2 Å². The van der Waals surface area contributed by atoms with Gasteiger partial charge in [-0.05, 0) is 36.2 Å². The number of hydrogen-bond donors (Lipinski definition) is 1. The summed E-state index contributed by atoms with van der Waals surface area (Å²) in [6, 6.07) is 12.9. The first-order valence-electron chi connectivity index (χ1n) is 5.32. The number of rotatable bonds is 3. The number of aryl methyl sites for hydroxylation is 1. The second-order valence-electron chi connectivity index (χ2n) is 3.87. The molecule has 2 nitrogen and oxygen atoms in total. The highest BCUT2D eigenvalue weighted by molar-refractivity contribution is 9.10. The zero-order valence-corrected chi connectivity index (χ0v) is 11.1. The van der Waals surface area contributed by atoms with Crippen molar-refractivity contribution in [2.45, 2.75) is 13.5 Å². The Hall–Kier alpha value is -1.48. The molecule has 0 radical (unpaired) electrons. The second-order valence-corrected chi connectivity index (χ2v) is 4.72. The number of ether oxygens (including phenoxy) is 1. The Balaban J connectivity index is 2.05.